The number of ether oxygens (including phenoxy) is 1. The molecule has 0 aliphatic heterocycles. The summed E-state index contributed by atoms with van der Waals surface area (Å²) in [5.74, 6) is -0.291. The lowest BCUT2D eigenvalue weighted by Crippen LogP contribution is -2.08. The maximum absolute atomic E-state index is 11.0. The van der Waals surface area contributed by atoms with Crippen molar-refractivity contribution in [3.63, 3.8) is 0 Å². The van der Waals surface area contributed by atoms with Crippen molar-refractivity contribution >= 4 is 23.4 Å². The van der Waals surface area contributed by atoms with Gasteiger partial charge in [-0.15, -0.1) is 0 Å². The van der Waals surface area contributed by atoms with Crippen LogP contribution in [0.25, 0.3) is 6.08 Å². The molecular formula is C10H12O2S. The van der Waals surface area contributed by atoms with Crippen molar-refractivity contribution in [1.29, 1.82) is 0 Å². The zero-order valence-electron chi connectivity index (χ0n) is 7.69. The van der Waals surface area contributed by atoms with Crippen LogP contribution >= 0.6 is 11.3 Å². The minimum absolute atomic E-state index is 0.0559. The van der Waals surface area contributed by atoms with Gasteiger partial charge in [-0.1, -0.05) is 0 Å². The summed E-state index contributed by atoms with van der Waals surface area (Å²) in [7, 11) is 0. The summed E-state index contributed by atoms with van der Waals surface area (Å²) in [5.41, 5.74) is 1.03. The summed E-state index contributed by atoms with van der Waals surface area (Å²) >= 11 is 1.60. The Kier molecular flexibility index (Phi) is 3.71. The molecule has 0 fully saturated rings. The van der Waals surface area contributed by atoms with E-state index in [0.717, 1.165) is 5.56 Å². The van der Waals surface area contributed by atoms with Crippen LogP contribution in [-0.4, -0.2) is 12.1 Å². The number of thiophene rings is 1. The molecule has 0 spiro atoms. The van der Waals surface area contributed by atoms with E-state index in [1.807, 2.05) is 30.7 Å². The van der Waals surface area contributed by atoms with Gasteiger partial charge in [-0.3, -0.25) is 0 Å². The van der Waals surface area contributed by atoms with E-state index in [0.29, 0.717) is 0 Å². The first-order chi connectivity index (χ1) is 6.18. The number of rotatable bonds is 3. The zero-order valence-corrected chi connectivity index (χ0v) is 8.51. The van der Waals surface area contributed by atoms with Crippen LogP contribution in [-0.2, 0) is 9.53 Å². The molecular weight excluding hydrogens is 184 g/mol. The molecule has 1 aromatic rings. The van der Waals surface area contributed by atoms with E-state index in [9.17, 15) is 4.79 Å². The fourth-order valence-electron chi connectivity index (χ4n) is 0.806. The molecule has 0 radical (unpaired) electrons. The van der Waals surface area contributed by atoms with Crippen molar-refractivity contribution < 1.29 is 9.53 Å². The minimum atomic E-state index is -0.291. The predicted octanol–water partition coefficient (Wildman–Crippen LogP) is 2.71. The van der Waals surface area contributed by atoms with Gasteiger partial charge in [-0.25, -0.2) is 4.79 Å². The second-order valence-corrected chi connectivity index (χ2v) is 3.66. The average Bonchev–Trinajstić information content (AvgIpc) is 2.51. The Morgan fingerprint density at radius 1 is 1.62 bits per heavy atom. The monoisotopic (exact) mass is 196 g/mol. The van der Waals surface area contributed by atoms with Crippen LogP contribution in [0.15, 0.2) is 22.9 Å². The van der Waals surface area contributed by atoms with E-state index in [-0.39, 0.29) is 12.1 Å². The normalized spacial score (nSPS) is 11.0. The lowest BCUT2D eigenvalue weighted by atomic mass is 10.3. The molecule has 70 valence electrons. The molecule has 0 aliphatic rings. The van der Waals surface area contributed by atoms with Gasteiger partial charge in [0, 0.05) is 6.08 Å². The van der Waals surface area contributed by atoms with Crippen molar-refractivity contribution in [3.8, 4) is 0 Å². The molecule has 0 unspecified atom stereocenters. The second kappa shape index (κ2) is 4.82. The third-order valence-corrected chi connectivity index (χ3v) is 2.01. The Balaban J connectivity index is 2.44. The minimum Gasteiger partial charge on any atom is -0.460 e. The highest BCUT2D eigenvalue weighted by Gasteiger charge is 1.99. The number of hydrogen-bond donors (Lipinski definition) is 0. The molecule has 1 heterocycles. The molecule has 3 heteroatoms. The van der Waals surface area contributed by atoms with Gasteiger partial charge in [-0.2, -0.15) is 11.3 Å². The molecule has 0 aliphatic carbocycles. The standard InChI is InChI=1S/C10H12O2S/c1-8(2)12-10(11)4-3-9-5-6-13-7-9/h3-8H,1-2H3/b4-3+. The Hall–Kier alpha value is -1.09. The van der Waals surface area contributed by atoms with Crippen LogP contribution in [0.1, 0.15) is 19.4 Å². The van der Waals surface area contributed by atoms with E-state index < -0.39 is 0 Å². The van der Waals surface area contributed by atoms with Crippen LogP contribution in [0.2, 0.25) is 0 Å². The molecule has 0 saturated heterocycles. The Labute approximate surface area is 81.8 Å². The van der Waals surface area contributed by atoms with Crippen LogP contribution in [0.5, 0.6) is 0 Å². The summed E-state index contributed by atoms with van der Waals surface area (Å²) < 4.78 is 4.93. The van der Waals surface area contributed by atoms with Gasteiger partial charge in [0.05, 0.1) is 6.10 Å². The van der Waals surface area contributed by atoms with Crippen molar-refractivity contribution in [2.45, 2.75) is 20.0 Å². The number of carbonyl (C=O) groups excluding carboxylic acids is 1. The SMILES string of the molecule is CC(C)OC(=O)/C=C/c1ccsc1. The van der Waals surface area contributed by atoms with Crippen LogP contribution in [0.4, 0.5) is 0 Å². The maximum atomic E-state index is 11.0. The Morgan fingerprint density at radius 2 is 2.38 bits per heavy atom. The summed E-state index contributed by atoms with van der Waals surface area (Å²) in [6, 6.07) is 1.95. The van der Waals surface area contributed by atoms with Crippen LogP contribution in [0.3, 0.4) is 0 Å². The summed E-state index contributed by atoms with van der Waals surface area (Å²) in [5, 5.41) is 3.94. The molecule has 1 rings (SSSR count). The smallest absolute Gasteiger partial charge is 0.331 e. The molecule has 13 heavy (non-hydrogen) atoms. The molecule has 0 saturated carbocycles. The van der Waals surface area contributed by atoms with Gasteiger partial charge in [0.2, 0.25) is 0 Å². The van der Waals surface area contributed by atoms with E-state index in [4.69, 9.17) is 4.74 Å². The van der Waals surface area contributed by atoms with Gasteiger partial charge in [-0.05, 0) is 42.3 Å². The zero-order chi connectivity index (χ0) is 9.68. The van der Waals surface area contributed by atoms with Crippen LogP contribution in [0, 0.1) is 0 Å². The van der Waals surface area contributed by atoms with E-state index >= 15 is 0 Å². The number of carbonyl (C=O) groups is 1. The van der Waals surface area contributed by atoms with Crippen LogP contribution < -0.4 is 0 Å². The Bertz CT molecular complexity index is 286. The van der Waals surface area contributed by atoms with E-state index in [1.165, 1.54) is 6.08 Å². The predicted molar refractivity (Wildman–Crippen MR) is 54.6 cm³/mol. The third kappa shape index (κ3) is 3.90. The molecule has 0 atom stereocenters. The van der Waals surface area contributed by atoms with Crippen molar-refractivity contribution in [1.82, 2.24) is 0 Å². The molecule has 1 aromatic heterocycles. The molecule has 0 N–H and O–H groups in total. The second-order valence-electron chi connectivity index (χ2n) is 2.88. The first-order valence-electron chi connectivity index (χ1n) is 4.09. The van der Waals surface area contributed by atoms with E-state index in [2.05, 4.69) is 0 Å². The number of esters is 1. The highest BCUT2D eigenvalue weighted by molar-refractivity contribution is 7.08. The number of hydrogen-bond acceptors (Lipinski definition) is 3. The molecule has 0 aromatic carbocycles. The average molecular weight is 196 g/mol. The fourth-order valence-corrected chi connectivity index (χ4v) is 1.43. The lowest BCUT2D eigenvalue weighted by molar-refractivity contribution is -0.141. The highest BCUT2D eigenvalue weighted by atomic mass is 32.1. The van der Waals surface area contributed by atoms with Gasteiger partial charge in [0.25, 0.3) is 0 Å². The van der Waals surface area contributed by atoms with Gasteiger partial charge >= 0.3 is 5.97 Å². The quantitative estimate of drug-likeness (QED) is 0.549. The van der Waals surface area contributed by atoms with Crippen molar-refractivity contribution in [2.75, 3.05) is 0 Å². The lowest BCUT2D eigenvalue weighted by Gasteiger charge is -2.03. The van der Waals surface area contributed by atoms with Crippen molar-refractivity contribution in [3.05, 3.63) is 28.5 Å². The maximum Gasteiger partial charge on any atom is 0.331 e. The third-order valence-electron chi connectivity index (χ3n) is 1.31. The fraction of sp³-hybridized carbons (Fsp3) is 0.300. The molecule has 0 amide bonds. The first kappa shape index (κ1) is 9.99. The summed E-state index contributed by atoms with van der Waals surface area (Å²) in [6.07, 6.45) is 3.14. The largest absolute Gasteiger partial charge is 0.460 e. The highest BCUT2D eigenvalue weighted by Crippen LogP contribution is 2.07. The molecule has 2 nitrogen and oxygen atoms in total. The van der Waals surface area contributed by atoms with E-state index in [1.54, 1.807) is 17.4 Å². The first-order valence-corrected chi connectivity index (χ1v) is 5.03. The van der Waals surface area contributed by atoms with Gasteiger partial charge in [0.1, 0.15) is 0 Å². The molecule has 0 bridgehead atoms. The van der Waals surface area contributed by atoms with Crippen molar-refractivity contribution in [2.24, 2.45) is 0 Å². The van der Waals surface area contributed by atoms with Gasteiger partial charge in [0.15, 0.2) is 0 Å². The Morgan fingerprint density at radius 3 is 2.92 bits per heavy atom. The summed E-state index contributed by atoms with van der Waals surface area (Å²) in [4.78, 5) is 11.0. The topological polar surface area (TPSA) is 26.3 Å². The summed E-state index contributed by atoms with van der Waals surface area (Å²) in [6.45, 7) is 3.66. The van der Waals surface area contributed by atoms with Gasteiger partial charge < -0.3 is 4.74 Å².